The van der Waals surface area contributed by atoms with Gasteiger partial charge in [0, 0.05) is 25.0 Å². The lowest BCUT2D eigenvalue weighted by Crippen LogP contribution is -2.16. The van der Waals surface area contributed by atoms with Crippen LogP contribution in [-0.4, -0.2) is 11.0 Å². The molecule has 0 unspecified atom stereocenters. The summed E-state index contributed by atoms with van der Waals surface area (Å²) >= 11 is 0. The van der Waals surface area contributed by atoms with E-state index >= 15 is 0 Å². The summed E-state index contributed by atoms with van der Waals surface area (Å²) in [5, 5.41) is 3.47. The quantitative estimate of drug-likeness (QED) is 0.731. The minimum absolute atomic E-state index is 0.782. The zero-order chi connectivity index (χ0) is 8.39. The van der Waals surface area contributed by atoms with E-state index in [9.17, 15) is 0 Å². The van der Waals surface area contributed by atoms with E-state index in [1.54, 1.807) is 0 Å². The zero-order valence-electron chi connectivity index (χ0n) is 7.38. The minimum atomic E-state index is 0.782. The summed E-state index contributed by atoms with van der Waals surface area (Å²) in [5.74, 6) is 0. The molecule has 2 nitrogen and oxygen atoms in total. The average Bonchev–Trinajstić information content (AvgIpc) is 2.86. The van der Waals surface area contributed by atoms with E-state index in [2.05, 4.69) is 23.3 Å². The van der Waals surface area contributed by atoms with Crippen molar-refractivity contribution in [2.45, 2.75) is 32.4 Å². The Hall–Kier alpha value is -0.890. The van der Waals surface area contributed by atoms with Crippen molar-refractivity contribution < 1.29 is 0 Å². The van der Waals surface area contributed by atoms with Crippen LogP contribution in [0.5, 0.6) is 0 Å². The Morgan fingerprint density at radius 2 is 2.42 bits per heavy atom. The Kier molecular flexibility index (Phi) is 2.09. The van der Waals surface area contributed by atoms with E-state index < -0.39 is 0 Å². The summed E-state index contributed by atoms with van der Waals surface area (Å²) in [7, 11) is 0. The van der Waals surface area contributed by atoms with E-state index in [1.807, 2.05) is 12.4 Å². The number of hydrogen-bond donors (Lipinski definition) is 1. The molecule has 0 saturated heterocycles. The van der Waals surface area contributed by atoms with Crippen molar-refractivity contribution in [3.8, 4) is 0 Å². The van der Waals surface area contributed by atoms with Crippen LogP contribution in [0.4, 0.5) is 0 Å². The van der Waals surface area contributed by atoms with Crippen molar-refractivity contribution in [3.63, 3.8) is 0 Å². The molecule has 0 bridgehead atoms. The molecule has 1 aliphatic rings. The number of aryl methyl sites for hydroxylation is 1. The van der Waals surface area contributed by atoms with Crippen LogP contribution in [0.15, 0.2) is 18.5 Å². The fourth-order valence-electron chi connectivity index (χ4n) is 1.22. The second-order valence-electron chi connectivity index (χ2n) is 3.46. The summed E-state index contributed by atoms with van der Waals surface area (Å²) < 4.78 is 0. The van der Waals surface area contributed by atoms with Crippen LogP contribution in [0, 0.1) is 6.92 Å². The third-order valence-electron chi connectivity index (χ3n) is 2.31. The minimum Gasteiger partial charge on any atom is -0.310 e. The first-order valence-electron chi connectivity index (χ1n) is 4.49. The molecule has 12 heavy (non-hydrogen) atoms. The van der Waals surface area contributed by atoms with Crippen molar-refractivity contribution in [1.82, 2.24) is 10.3 Å². The molecule has 1 heterocycles. The smallest absolute Gasteiger partial charge is 0.0315 e. The molecule has 0 aromatic carbocycles. The second-order valence-corrected chi connectivity index (χ2v) is 3.46. The summed E-state index contributed by atoms with van der Waals surface area (Å²) in [6.45, 7) is 3.11. The van der Waals surface area contributed by atoms with E-state index in [-0.39, 0.29) is 0 Å². The third kappa shape index (κ3) is 1.83. The van der Waals surface area contributed by atoms with Crippen molar-refractivity contribution in [1.29, 1.82) is 0 Å². The monoisotopic (exact) mass is 162 g/mol. The van der Waals surface area contributed by atoms with Gasteiger partial charge in [0.1, 0.15) is 0 Å². The molecular formula is C10H14N2. The van der Waals surface area contributed by atoms with E-state index in [1.165, 1.54) is 24.0 Å². The normalized spacial score (nSPS) is 16.4. The number of pyridine rings is 1. The largest absolute Gasteiger partial charge is 0.310 e. The molecule has 0 radical (unpaired) electrons. The van der Waals surface area contributed by atoms with Gasteiger partial charge in [0.05, 0.1) is 0 Å². The van der Waals surface area contributed by atoms with Gasteiger partial charge in [-0.15, -0.1) is 0 Å². The maximum atomic E-state index is 4.10. The molecule has 1 fully saturated rings. The first-order valence-corrected chi connectivity index (χ1v) is 4.49. The highest BCUT2D eigenvalue weighted by molar-refractivity contribution is 5.21. The molecule has 1 N–H and O–H groups in total. The van der Waals surface area contributed by atoms with Crippen LogP contribution in [0.2, 0.25) is 0 Å². The van der Waals surface area contributed by atoms with Crippen LogP contribution in [0.1, 0.15) is 24.0 Å². The van der Waals surface area contributed by atoms with Gasteiger partial charge in [0.15, 0.2) is 0 Å². The summed E-state index contributed by atoms with van der Waals surface area (Å²) in [4.78, 5) is 4.10. The maximum Gasteiger partial charge on any atom is 0.0315 e. The molecule has 0 spiro atoms. The number of rotatable bonds is 3. The van der Waals surface area contributed by atoms with Crippen molar-refractivity contribution in [3.05, 3.63) is 29.6 Å². The number of nitrogens with zero attached hydrogens (tertiary/aromatic N) is 1. The average molecular weight is 162 g/mol. The van der Waals surface area contributed by atoms with Crippen LogP contribution in [-0.2, 0) is 6.54 Å². The van der Waals surface area contributed by atoms with E-state index in [0.717, 1.165) is 12.6 Å². The second kappa shape index (κ2) is 3.23. The highest BCUT2D eigenvalue weighted by Gasteiger charge is 2.19. The predicted molar refractivity (Wildman–Crippen MR) is 48.8 cm³/mol. The van der Waals surface area contributed by atoms with Gasteiger partial charge in [-0.3, -0.25) is 4.98 Å². The van der Waals surface area contributed by atoms with Gasteiger partial charge >= 0.3 is 0 Å². The Morgan fingerprint density at radius 3 is 3.08 bits per heavy atom. The van der Waals surface area contributed by atoms with Gasteiger partial charge in [0.2, 0.25) is 0 Å². The topological polar surface area (TPSA) is 24.9 Å². The lowest BCUT2D eigenvalue weighted by atomic mass is 10.1. The predicted octanol–water partition coefficient (Wildman–Crippen LogP) is 1.64. The Morgan fingerprint density at radius 1 is 1.58 bits per heavy atom. The van der Waals surface area contributed by atoms with Gasteiger partial charge in [-0.1, -0.05) is 0 Å². The van der Waals surface area contributed by atoms with Crippen LogP contribution in [0.3, 0.4) is 0 Å². The number of aromatic nitrogens is 1. The first-order chi connectivity index (χ1) is 5.86. The summed E-state index contributed by atoms with van der Waals surface area (Å²) in [6.07, 6.45) is 6.49. The Bertz CT molecular complexity index is 266. The molecule has 2 rings (SSSR count). The molecule has 0 aliphatic heterocycles. The third-order valence-corrected chi connectivity index (χ3v) is 2.31. The fourth-order valence-corrected chi connectivity index (χ4v) is 1.22. The van der Waals surface area contributed by atoms with E-state index in [0.29, 0.717) is 0 Å². The van der Waals surface area contributed by atoms with Crippen molar-refractivity contribution >= 4 is 0 Å². The first kappa shape index (κ1) is 7.74. The summed E-state index contributed by atoms with van der Waals surface area (Å²) in [5.41, 5.74) is 2.66. The lowest BCUT2D eigenvalue weighted by molar-refractivity contribution is 0.683. The molecule has 1 saturated carbocycles. The van der Waals surface area contributed by atoms with Gasteiger partial charge in [-0.2, -0.15) is 0 Å². The van der Waals surface area contributed by atoms with Gasteiger partial charge in [-0.05, 0) is 37.0 Å². The molecule has 2 heteroatoms. The zero-order valence-corrected chi connectivity index (χ0v) is 7.38. The molecule has 1 aromatic rings. The van der Waals surface area contributed by atoms with Crippen LogP contribution in [0.25, 0.3) is 0 Å². The Balaban J connectivity index is 1.96. The van der Waals surface area contributed by atoms with Crippen LogP contribution < -0.4 is 5.32 Å². The maximum absolute atomic E-state index is 4.10. The summed E-state index contributed by atoms with van der Waals surface area (Å²) in [6, 6.07) is 2.84. The van der Waals surface area contributed by atoms with Gasteiger partial charge in [0.25, 0.3) is 0 Å². The molecule has 0 atom stereocenters. The van der Waals surface area contributed by atoms with Crippen molar-refractivity contribution in [2.24, 2.45) is 0 Å². The molecular weight excluding hydrogens is 148 g/mol. The fraction of sp³-hybridized carbons (Fsp3) is 0.500. The SMILES string of the molecule is Cc1ccncc1CNC1CC1. The van der Waals surface area contributed by atoms with Crippen LogP contribution >= 0.6 is 0 Å². The van der Waals surface area contributed by atoms with E-state index in [4.69, 9.17) is 0 Å². The molecule has 1 aliphatic carbocycles. The van der Waals surface area contributed by atoms with Crippen molar-refractivity contribution in [2.75, 3.05) is 0 Å². The number of nitrogens with one attached hydrogen (secondary N) is 1. The Labute approximate surface area is 73.0 Å². The lowest BCUT2D eigenvalue weighted by Gasteiger charge is -2.04. The standard InChI is InChI=1S/C10H14N2/c1-8-4-5-11-6-9(8)7-12-10-2-3-10/h4-6,10,12H,2-3,7H2,1H3. The molecule has 64 valence electrons. The molecule has 0 amide bonds. The van der Waals surface area contributed by atoms with Gasteiger partial charge in [-0.25, -0.2) is 0 Å². The number of hydrogen-bond acceptors (Lipinski definition) is 2. The van der Waals surface area contributed by atoms with Gasteiger partial charge < -0.3 is 5.32 Å². The highest BCUT2D eigenvalue weighted by Crippen LogP contribution is 2.19. The molecule has 1 aromatic heterocycles. The highest BCUT2D eigenvalue weighted by atomic mass is 14.9.